The van der Waals surface area contributed by atoms with Gasteiger partial charge in [-0.1, -0.05) is 44.2 Å². The number of amides is 2. The molecule has 0 saturated carbocycles. The molecule has 0 aromatic heterocycles. The van der Waals surface area contributed by atoms with Crippen molar-refractivity contribution in [3.63, 3.8) is 0 Å². The van der Waals surface area contributed by atoms with Crippen molar-refractivity contribution in [3.05, 3.63) is 64.7 Å². The average molecular weight is 473 g/mol. The molecule has 0 fully saturated rings. The first-order chi connectivity index (χ1) is 15.6. The Hall–Kier alpha value is -3.33. The minimum atomic E-state index is -4.14. The van der Waals surface area contributed by atoms with E-state index in [0.717, 1.165) is 11.1 Å². The van der Waals surface area contributed by atoms with Gasteiger partial charge in [0.2, 0.25) is 5.91 Å². The highest BCUT2D eigenvalue weighted by Crippen LogP contribution is 2.35. The Morgan fingerprint density at radius 2 is 1.67 bits per heavy atom. The van der Waals surface area contributed by atoms with E-state index in [4.69, 9.17) is 9.47 Å². The van der Waals surface area contributed by atoms with Gasteiger partial charge >= 0.3 is 0 Å². The summed E-state index contributed by atoms with van der Waals surface area (Å²) in [5.74, 6) is 0.0678. The number of nitrogens with zero attached hydrogens (tertiary/aromatic N) is 1. The van der Waals surface area contributed by atoms with Crippen molar-refractivity contribution in [1.29, 1.82) is 0 Å². The number of methoxy groups -OCH3 is 2. The fraction of sp³-hybridized carbons (Fsp3) is 0.333. The van der Waals surface area contributed by atoms with Gasteiger partial charge in [-0.15, -0.1) is 0 Å². The topological polar surface area (TPSA) is 102 Å². The number of ether oxygens (including phenoxy) is 2. The van der Waals surface area contributed by atoms with E-state index in [1.54, 1.807) is 30.3 Å². The summed E-state index contributed by atoms with van der Waals surface area (Å²) in [6.45, 7) is 5.08. The third-order valence-electron chi connectivity index (χ3n) is 5.50. The number of hydrogen-bond donors (Lipinski definition) is 1. The zero-order valence-electron chi connectivity index (χ0n) is 19.3. The molecular weight excluding hydrogens is 444 g/mol. The standard InChI is InChI=1S/C24H28N2O6S/c1-15(2)18-7-9-19(10-8-18)23-16(3)24(28)26(33(23,29)30)14-22(27)25-13-17-6-11-20(31-4)21(12-17)32-5/h6-12,15H,13-14H2,1-5H3,(H,25,27). The second-order valence-corrected chi connectivity index (χ2v) is 9.81. The van der Waals surface area contributed by atoms with E-state index in [1.165, 1.54) is 21.1 Å². The first-order valence-electron chi connectivity index (χ1n) is 10.5. The molecule has 0 aliphatic carbocycles. The smallest absolute Gasteiger partial charge is 0.268 e. The molecule has 1 aliphatic heterocycles. The van der Waals surface area contributed by atoms with Crippen LogP contribution in [0.15, 0.2) is 48.0 Å². The minimum Gasteiger partial charge on any atom is -0.493 e. The lowest BCUT2D eigenvalue weighted by Crippen LogP contribution is -2.40. The normalized spacial score (nSPS) is 15.2. The van der Waals surface area contributed by atoms with Crippen molar-refractivity contribution in [2.24, 2.45) is 0 Å². The zero-order valence-corrected chi connectivity index (χ0v) is 20.2. The Balaban J connectivity index is 1.73. The summed E-state index contributed by atoms with van der Waals surface area (Å²) in [6.07, 6.45) is 0. The van der Waals surface area contributed by atoms with Crippen LogP contribution in [0.2, 0.25) is 0 Å². The molecule has 0 atom stereocenters. The predicted molar refractivity (Wildman–Crippen MR) is 125 cm³/mol. The van der Waals surface area contributed by atoms with Crippen LogP contribution in [-0.4, -0.2) is 45.3 Å². The van der Waals surface area contributed by atoms with Gasteiger partial charge in [-0.3, -0.25) is 9.59 Å². The summed E-state index contributed by atoms with van der Waals surface area (Å²) in [5.41, 5.74) is 2.32. The van der Waals surface area contributed by atoms with Crippen molar-refractivity contribution in [2.75, 3.05) is 20.8 Å². The van der Waals surface area contributed by atoms with Crippen LogP contribution in [0.25, 0.3) is 4.91 Å². The van der Waals surface area contributed by atoms with Gasteiger partial charge in [0.05, 0.1) is 14.2 Å². The summed E-state index contributed by atoms with van der Waals surface area (Å²) in [7, 11) is -1.11. The summed E-state index contributed by atoms with van der Waals surface area (Å²) >= 11 is 0. The lowest BCUT2D eigenvalue weighted by atomic mass is 10.0. The molecule has 1 N–H and O–H groups in total. The van der Waals surface area contributed by atoms with Gasteiger partial charge in [0, 0.05) is 12.1 Å². The summed E-state index contributed by atoms with van der Waals surface area (Å²) < 4.78 is 37.3. The molecule has 0 radical (unpaired) electrons. The Morgan fingerprint density at radius 1 is 1.03 bits per heavy atom. The van der Waals surface area contributed by atoms with Crippen LogP contribution in [-0.2, 0) is 26.2 Å². The van der Waals surface area contributed by atoms with Crippen molar-refractivity contribution >= 4 is 26.7 Å². The molecule has 2 aromatic rings. The van der Waals surface area contributed by atoms with E-state index in [9.17, 15) is 18.0 Å². The number of rotatable bonds is 8. The van der Waals surface area contributed by atoms with Gasteiger partial charge in [0.1, 0.15) is 11.4 Å². The van der Waals surface area contributed by atoms with Gasteiger partial charge < -0.3 is 14.8 Å². The molecule has 1 heterocycles. The third-order valence-corrected chi connectivity index (χ3v) is 7.43. The quantitative estimate of drug-likeness (QED) is 0.634. The number of sulfonamides is 1. The lowest BCUT2D eigenvalue weighted by molar-refractivity contribution is -0.128. The molecule has 0 spiro atoms. The molecule has 0 bridgehead atoms. The number of carbonyl (C=O) groups is 2. The van der Waals surface area contributed by atoms with E-state index in [-0.39, 0.29) is 17.0 Å². The van der Waals surface area contributed by atoms with Gasteiger partial charge in [-0.05, 0) is 41.7 Å². The molecule has 33 heavy (non-hydrogen) atoms. The number of benzene rings is 2. The molecule has 3 rings (SSSR count). The summed E-state index contributed by atoms with van der Waals surface area (Å²) in [5, 5.41) is 2.65. The van der Waals surface area contributed by atoms with Crippen molar-refractivity contribution < 1.29 is 27.5 Å². The van der Waals surface area contributed by atoms with Crippen LogP contribution in [0.3, 0.4) is 0 Å². The predicted octanol–water partition coefficient (Wildman–Crippen LogP) is 3.05. The zero-order chi connectivity index (χ0) is 24.3. The second-order valence-electron chi connectivity index (χ2n) is 8.01. The largest absolute Gasteiger partial charge is 0.493 e. The van der Waals surface area contributed by atoms with Crippen LogP contribution in [0.4, 0.5) is 0 Å². The maximum Gasteiger partial charge on any atom is 0.268 e. The van der Waals surface area contributed by atoms with Crippen molar-refractivity contribution in [2.45, 2.75) is 33.2 Å². The highest BCUT2D eigenvalue weighted by molar-refractivity contribution is 7.99. The highest BCUT2D eigenvalue weighted by Gasteiger charge is 2.43. The third kappa shape index (κ3) is 4.88. The van der Waals surface area contributed by atoms with E-state index >= 15 is 0 Å². The molecule has 176 valence electrons. The maximum absolute atomic E-state index is 13.1. The molecule has 0 saturated heterocycles. The van der Waals surface area contributed by atoms with Crippen LogP contribution >= 0.6 is 0 Å². The molecular formula is C24H28N2O6S. The molecule has 8 nitrogen and oxygen atoms in total. The van der Waals surface area contributed by atoms with Gasteiger partial charge in [0.25, 0.3) is 15.9 Å². The first-order valence-corrected chi connectivity index (χ1v) is 11.9. The van der Waals surface area contributed by atoms with Gasteiger partial charge in [-0.2, -0.15) is 0 Å². The monoisotopic (exact) mass is 472 g/mol. The fourth-order valence-electron chi connectivity index (χ4n) is 3.62. The summed E-state index contributed by atoms with van der Waals surface area (Å²) in [4.78, 5) is 25.2. The lowest BCUT2D eigenvalue weighted by Gasteiger charge is -2.17. The minimum absolute atomic E-state index is 0.0597. The average Bonchev–Trinajstić information content (AvgIpc) is 2.96. The molecule has 2 aromatic carbocycles. The van der Waals surface area contributed by atoms with E-state index in [2.05, 4.69) is 5.32 Å². The Bertz CT molecular complexity index is 1200. The molecule has 0 unspecified atom stereocenters. The van der Waals surface area contributed by atoms with Crippen molar-refractivity contribution in [3.8, 4) is 11.5 Å². The second kappa shape index (κ2) is 9.66. The number of nitrogens with one attached hydrogen (secondary N) is 1. The Kier molecular flexibility index (Phi) is 7.12. The molecule has 2 amide bonds. The van der Waals surface area contributed by atoms with Crippen LogP contribution in [0, 0.1) is 0 Å². The van der Waals surface area contributed by atoms with E-state index in [1.807, 2.05) is 26.0 Å². The highest BCUT2D eigenvalue weighted by atomic mass is 32.2. The van der Waals surface area contributed by atoms with Gasteiger partial charge in [0.15, 0.2) is 11.5 Å². The van der Waals surface area contributed by atoms with Crippen LogP contribution < -0.4 is 14.8 Å². The first kappa shape index (κ1) is 24.3. The Labute approximate surface area is 194 Å². The fourth-order valence-corrected chi connectivity index (χ4v) is 5.39. The Morgan fingerprint density at radius 3 is 2.24 bits per heavy atom. The maximum atomic E-state index is 13.1. The van der Waals surface area contributed by atoms with Crippen LogP contribution in [0.5, 0.6) is 11.5 Å². The SMILES string of the molecule is COc1ccc(CNC(=O)CN2C(=O)C(C)=C(c3ccc(C(C)C)cc3)S2(=O)=O)cc1OC. The summed E-state index contributed by atoms with van der Waals surface area (Å²) in [6, 6.07) is 12.3. The van der Waals surface area contributed by atoms with Crippen molar-refractivity contribution in [1.82, 2.24) is 9.62 Å². The molecule has 9 heteroatoms. The van der Waals surface area contributed by atoms with E-state index in [0.29, 0.717) is 27.3 Å². The van der Waals surface area contributed by atoms with E-state index < -0.39 is 28.4 Å². The number of carbonyl (C=O) groups excluding carboxylic acids is 2. The molecule has 1 aliphatic rings. The van der Waals surface area contributed by atoms with Crippen LogP contribution in [0.1, 0.15) is 43.4 Å². The van der Waals surface area contributed by atoms with Gasteiger partial charge in [-0.25, -0.2) is 12.7 Å². The number of hydrogen-bond acceptors (Lipinski definition) is 6.